The van der Waals surface area contributed by atoms with Gasteiger partial charge in [-0.15, -0.1) is 21.5 Å². The van der Waals surface area contributed by atoms with Crippen molar-refractivity contribution in [1.29, 1.82) is 0 Å². The van der Waals surface area contributed by atoms with E-state index in [1.165, 1.54) is 35.1 Å². The molecular weight excluding hydrogens is 462 g/mol. The minimum atomic E-state index is -0.385. The number of nitrogens with zero attached hydrogens (tertiary/aromatic N) is 4. The monoisotopic (exact) mass is 493 g/mol. The smallest absolute Gasteiger partial charge is 0.341 e. The van der Waals surface area contributed by atoms with Crippen LogP contribution in [0.1, 0.15) is 47.5 Å². The summed E-state index contributed by atoms with van der Waals surface area (Å²) in [5.41, 5.74) is 1.56. The number of methoxy groups -OCH3 is 1. The van der Waals surface area contributed by atoms with Crippen molar-refractivity contribution < 1.29 is 19.1 Å². The fraction of sp³-hybridized carbons (Fsp3) is 0.636. The average Bonchev–Trinajstić information content (AvgIpc) is 3.38. The second-order valence-electron chi connectivity index (χ2n) is 8.63. The molecule has 2 aromatic heterocycles. The van der Waals surface area contributed by atoms with E-state index in [2.05, 4.69) is 38.8 Å². The van der Waals surface area contributed by atoms with Gasteiger partial charge < -0.3 is 19.7 Å². The number of aromatic nitrogens is 3. The maximum absolute atomic E-state index is 12.8. The summed E-state index contributed by atoms with van der Waals surface area (Å²) in [6, 6.07) is 0. The Balaban J connectivity index is 1.47. The molecule has 1 N–H and O–H groups in total. The summed E-state index contributed by atoms with van der Waals surface area (Å²) < 4.78 is 12.6. The van der Waals surface area contributed by atoms with Crippen LogP contribution in [0, 0.1) is 5.92 Å². The number of nitrogens with one attached hydrogen (secondary N) is 1. The number of carbonyl (C=O) groups is 2. The molecular formula is C22H31N5O4S2. The van der Waals surface area contributed by atoms with Crippen LogP contribution in [0.3, 0.4) is 0 Å². The van der Waals surface area contributed by atoms with Crippen molar-refractivity contribution in [2.45, 2.75) is 51.2 Å². The summed E-state index contributed by atoms with van der Waals surface area (Å²) in [6.45, 7) is 7.98. The van der Waals surface area contributed by atoms with Crippen molar-refractivity contribution in [1.82, 2.24) is 14.8 Å². The molecule has 1 aliphatic carbocycles. The molecule has 0 spiro atoms. The Morgan fingerprint density at radius 2 is 1.97 bits per heavy atom. The second-order valence-corrected chi connectivity index (χ2v) is 10.7. The van der Waals surface area contributed by atoms with Gasteiger partial charge >= 0.3 is 5.97 Å². The van der Waals surface area contributed by atoms with E-state index >= 15 is 0 Å². The number of fused-ring (bicyclic) bond motifs is 1. The third kappa shape index (κ3) is 5.52. The molecule has 33 heavy (non-hydrogen) atoms. The van der Waals surface area contributed by atoms with Crippen molar-refractivity contribution in [2.75, 3.05) is 49.4 Å². The predicted octanol–water partition coefficient (Wildman–Crippen LogP) is 3.23. The van der Waals surface area contributed by atoms with Gasteiger partial charge in [-0.05, 0) is 37.2 Å². The molecule has 2 aliphatic rings. The van der Waals surface area contributed by atoms with E-state index in [-0.39, 0.29) is 17.6 Å². The highest BCUT2D eigenvalue weighted by Gasteiger charge is 2.27. The summed E-state index contributed by atoms with van der Waals surface area (Å²) in [5, 5.41) is 13.1. The van der Waals surface area contributed by atoms with Gasteiger partial charge in [0.1, 0.15) is 5.00 Å². The van der Waals surface area contributed by atoms with Crippen LogP contribution in [0.15, 0.2) is 5.16 Å². The highest BCUT2D eigenvalue weighted by molar-refractivity contribution is 7.99. The fourth-order valence-corrected chi connectivity index (χ4v) is 6.21. The van der Waals surface area contributed by atoms with Crippen molar-refractivity contribution >= 4 is 45.9 Å². The van der Waals surface area contributed by atoms with Crippen LogP contribution in [-0.4, -0.2) is 65.8 Å². The van der Waals surface area contributed by atoms with Gasteiger partial charge in [-0.25, -0.2) is 4.79 Å². The number of hydrogen-bond acceptors (Lipinski definition) is 9. The first-order chi connectivity index (χ1) is 16.0. The molecule has 0 bridgehead atoms. The minimum Gasteiger partial charge on any atom is -0.465 e. The first kappa shape index (κ1) is 24.0. The molecule has 3 heterocycles. The van der Waals surface area contributed by atoms with Gasteiger partial charge in [-0.3, -0.25) is 9.36 Å². The van der Waals surface area contributed by atoms with Crippen molar-refractivity contribution in [3.8, 4) is 0 Å². The first-order valence-electron chi connectivity index (χ1n) is 11.4. The highest BCUT2D eigenvalue weighted by atomic mass is 32.2. The van der Waals surface area contributed by atoms with E-state index in [4.69, 9.17) is 9.47 Å². The Morgan fingerprint density at radius 3 is 2.70 bits per heavy atom. The average molecular weight is 494 g/mol. The zero-order valence-corrected chi connectivity index (χ0v) is 21.0. The van der Waals surface area contributed by atoms with Crippen molar-refractivity contribution in [2.24, 2.45) is 5.92 Å². The van der Waals surface area contributed by atoms with Gasteiger partial charge in [0.2, 0.25) is 11.9 Å². The van der Waals surface area contributed by atoms with E-state index in [1.54, 1.807) is 0 Å². The number of hydrogen-bond donors (Lipinski definition) is 1. The normalized spacial score (nSPS) is 16.1. The highest BCUT2D eigenvalue weighted by Crippen LogP contribution is 2.38. The van der Waals surface area contributed by atoms with Gasteiger partial charge in [0.15, 0.2) is 5.16 Å². The third-order valence-corrected chi connectivity index (χ3v) is 7.86. The number of ether oxygens (including phenoxy) is 2. The van der Waals surface area contributed by atoms with Crippen LogP contribution in [0.4, 0.5) is 10.9 Å². The Morgan fingerprint density at radius 1 is 1.21 bits per heavy atom. The lowest BCUT2D eigenvalue weighted by atomic mass is 9.95. The lowest BCUT2D eigenvalue weighted by Crippen LogP contribution is -2.38. The zero-order valence-electron chi connectivity index (χ0n) is 19.4. The molecule has 0 aromatic carbocycles. The molecule has 1 fully saturated rings. The van der Waals surface area contributed by atoms with Crippen LogP contribution < -0.4 is 10.2 Å². The van der Waals surface area contributed by atoms with Crippen LogP contribution in [-0.2, 0) is 33.7 Å². The molecule has 0 unspecified atom stereocenters. The van der Waals surface area contributed by atoms with Gasteiger partial charge in [0.05, 0.1) is 31.6 Å². The lowest BCUT2D eigenvalue weighted by Gasteiger charge is -2.28. The Bertz CT molecular complexity index is 997. The van der Waals surface area contributed by atoms with Crippen LogP contribution in [0.25, 0.3) is 0 Å². The molecule has 1 aliphatic heterocycles. The summed E-state index contributed by atoms with van der Waals surface area (Å²) >= 11 is 2.86. The van der Waals surface area contributed by atoms with E-state index in [0.29, 0.717) is 29.7 Å². The quantitative estimate of drug-likeness (QED) is 0.442. The SMILES string of the molecule is COC(=O)c1c(NC(=O)CSc2nnc(N3CCOCC3)n2CC(C)C)sc2c1CCCC2. The standard InChI is InChI=1S/C22H31N5O4S2/c1-14(2)12-27-21(26-8-10-31-11-9-26)24-25-22(27)32-13-17(28)23-19-18(20(29)30-3)15-6-4-5-7-16(15)33-19/h14H,4-13H2,1-3H3,(H,23,28). The molecule has 4 rings (SSSR count). The number of morpholine rings is 1. The summed E-state index contributed by atoms with van der Waals surface area (Å²) in [6.07, 6.45) is 3.95. The molecule has 11 heteroatoms. The minimum absolute atomic E-state index is 0.171. The Labute approximate surface area is 202 Å². The Kier molecular flexibility index (Phi) is 7.92. The third-order valence-electron chi connectivity index (χ3n) is 5.69. The van der Waals surface area contributed by atoms with Crippen LogP contribution >= 0.6 is 23.1 Å². The summed E-state index contributed by atoms with van der Waals surface area (Å²) in [7, 11) is 1.38. The number of rotatable bonds is 8. The fourth-order valence-electron chi connectivity index (χ4n) is 4.17. The van der Waals surface area contributed by atoms with E-state index in [0.717, 1.165) is 62.0 Å². The van der Waals surface area contributed by atoms with Gasteiger partial charge in [0.25, 0.3) is 0 Å². The number of carbonyl (C=O) groups excluding carboxylic acids is 2. The van der Waals surface area contributed by atoms with Crippen molar-refractivity contribution in [3.05, 3.63) is 16.0 Å². The Hall–Kier alpha value is -2.11. The van der Waals surface area contributed by atoms with Gasteiger partial charge in [-0.2, -0.15) is 0 Å². The lowest BCUT2D eigenvalue weighted by molar-refractivity contribution is -0.113. The predicted molar refractivity (Wildman–Crippen MR) is 130 cm³/mol. The number of thiophene rings is 1. The number of esters is 1. The van der Waals surface area contributed by atoms with E-state index < -0.39 is 0 Å². The van der Waals surface area contributed by atoms with E-state index in [1.807, 2.05) is 0 Å². The molecule has 1 saturated heterocycles. The maximum Gasteiger partial charge on any atom is 0.341 e. The molecule has 2 aromatic rings. The number of anilines is 2. The second kappa shape index (κ2) is 10.9. The van der Waals surface area contributed by atoms with Crippen LogP contribution in [0.5, 0.6) is 0 Å². The molecule has 0 radical (unpaired) electrons. The molecule has 0 saturated carbocycles. The van der Waals surface area contributed by atoms with E-state index in [9.17, 15) is 9.59 Å². The van der Waals surface area contributed by atoms with Gasteiger partial charge in [0, 0.05) is 24.5 Å². The van der Waals surface area contributed by atoms with Crippen molar-refractivity contribution in [3.63, 3.8) is 0 Å². The molecule has 0 atom stereocenters. The number of thioether (sulfide) groups is 1. The van der Waals surface area contributed by atoms with Gasteiger partial charge in [-0.1, -0.05) is 25.6 Å². The maximum atomic E-state index is 12.8. The molecule has 1 amide bonds. The number of aryl methyl sites for hydroxylation is 1. The summed E-state index contributed by atoms with van der Waals surface area (Å²) in [5.74, 6) is 0.866. The first-order valence-corrected chi connectivity index (χ1v) is 13.2. The summed E-state index contributed by atoms with van der Waals surface area (Å²) in [4.78, 5) is 28.6. The van der Waals surface area contributed by atoms with Crippen LogP contribution in [0.2, 0.25) is 0 Å². The largest absolute Gasteiger partial charge is 0.465 e. The zero-order chi connectivity index (χ0) is 23.4. The molecule has 180 valence electrons. The molecule has 9 nitrogen and oxygen atoms in total. The topological polar surface area (TPSA) is 98.6 Å². The number of amides is 1.